The average Bonchev–Trinajstić information content (AvgIpc) is 2.97. The maximum atomic E-state index is 8.98. The molecule has 0 amide bonds. The maximum absolute atomic E-state index is 8.98. The minimum atomic E-state index is 0.280. The Morgan fingerprint density at radius 2 is 2.20 bits per heavy atom. The highest BCUT2D eigenvalue weighted by molar-refractivity contribution is 5.34. The Morgan fingerprint density at radius 3 is 2.80 bits per heavy atom. The summed E-state index contributed by atoms with van der Waals surface area (Å²) >= 11 is 0. The third-order valence-electron chi connectivity index (χ3n) is 3.20. The monoisotopic (exact) mass is 269 g/mol. The van der Waals surface area contributed by atoms with Crippen LogP contribution in [0, 0.1) is 11.3 Å². The van der Waals surface area contributed by atoms with Gasteiger partial charge in [-0.1, -0.05) is 13.8 Å². The Labute approximate surface area is 119 Å². The van der Waals surface area contributed by atoms with Crippen molar-refractivity contribution in [1.29, 1.82) is 5.26 Å². The molecule has 1 atom stereocenters. The Hall–Kier alpha value is -2.19. The molecule has 0 aliphatic carbocycles. The van der Waals surface area contributed by atoms with Crippen molar-refractivity contribution in [2.45, 2.75) is 32.7 Å². The largest absolute Gasteiger partial charge is 0.309 e. The Kier molecular flexibility index (Phi) is 4.85. The number of rotatable bonds is 6. The van der Waals surface area contributed by atoms with Crippen LogP contribution < -0.4 is 5.32 Å². The van der Waals surface area contributed by atoms with E-state index in [-0.39, 0.29) is 6.04 Å². The molecule has 5 heteroatoms. The molecule has 0 aromatic carbocycles. The Bertz CT molecular complexity index is 579. The van der Waals surface area contributed by atoms with Gasteiger partial charge in [-0.15, -0.1) is 0 Å². The van der Waals surface area contributed by atoms with Gasteiger partial charge >= 0.3 is 0 Å². The van der Waals surface area contributed by atoms with Crippen LogP contribution in [-0.2, 0) is 0 Å². The highest BCUT2D eigenvalue weighted by Gasteiger charge is 2.10. The highest BCUT2D eigenvalue weighted by Crippen LogP contribution is 2.16. The lowest BCUT2D eigenvalue weighted by Gasteiger charge is -2.16. The van der Waals surface area contributed by atoms with Gasteiger partial charge in [-0.3, -0.25) is 9.55 Å². The summed E-state index contributed by atoms with van der Waals surface area (Å²) in [5.74, 6) is 0.371. The molecule has 0 aliphatic rings. The minimum Gasteiger partial charge on any atom is -0.309 e. The van der Waals surface area contributed by atoms with E-state index in [4.69, 9.17) is 5.26 Å². The molecule has 0 bridgehead atoms. The van der Waals surface area contributed by atoms with E-state index >= 15 is 0 Å². The summed E-state index contributed by atoms with van der Waals surface area (Å²) in [6.07, 6.45) is 7.27. The number of hydrogen-bond acceptors (Lipinski definition) is 4. The predicted molar refractivity (Wildman–Crippen MR) is 77.4 cm³/mol. The van der Waals surface area contributed by atoms with Crippen LogP contribution >= 0.6 is 0 Å². The third-order valence-corrected chi connectivity index (χ3v) is 3.20. The fraction of sp³-hybridized carbons (Fsp3) is 0.400. The molecular formula is C15H19N5. The summed E-state index contributed by atoms with van der Waals surface area (Å²) in [4.78, 5) is 8.50. The van der Waals surface area contributed by atoms with E-state index in [0.29, 0.717) is 5.82 Å². The van der Waals surface area contributed by atoms with Gasteiger partial charge < -0.3 is 5.32 Å². The number of nitrogens with one attached hydrogen (secondary N) is 1. The van der Waals surface area contributed by atoms with Crippen molar-refractivity contribution >= 4 is 0 Å². The van der Waals surface area contributed by atoms with E-state index in [1.165, 1.54) is 0 Å². The molecular weight excluding hydrogens is 250 g/mol. The topological polar surface area (TPSA) is 66.5 Å². The molecule has 1 N–H and O–H groups in total. The molecule has 5 nitrogen and oxygen atoms in total. The van der Waals surface area contributed by atoms with E-state index in [2.05, 4.69) is 35.2 Å². The quantitative estimate of drug-likeness (QED) is 0.875. The second-order valence-electron chi connectivity index (χ2n) is 4.59. The van der Waals surface area contributed by atoms with Gasteiger partial charge in [0.1, 0.15) is 6.07 Å². The first-order valence-corrected chi connectivity index (χ1v) is 6.93. The molecule has 0 fully saturated rings. The van der Waals surface area contributed by atoms with E-state index in [1.807, 2.05) is 12.1 Å². The molecule has 1 unspecified atom stereocenters. The maximum Gasteiger partial charge on any atom is 0.217 e. The second-order valence-corrected chi connectivity index (χ2v) is 4.59. The van der Waals surface area contributed by atoms with E-state index < -0.39 is 0 Å². The van der Waals surface area contributed by atoms with Gasteiger partial charge in [0.15, 0.2) is 0 Å². The smallest absolute Gasteiger partial charge is 0.217 e. The number of nitriles is 1. The summed E-state index contributed by atoms with van der Waals surface area (Å²) in [5.41, 5.74) is 1.89. The molecule has 0 saturated carbocycles. The van der Waals surface area contributed by atoms with E-state index in [1.54, 1.807) is 23.2 Å². The lowest BCUT2D eigenvalue weighted by atomic mass is 10.1. The average molecular weight is 269 g/mol. The first kappa shape index (κ1) is 14.2. The fourth-order valence-electron chi connectivity index (χ4n) is 2.12. The van der Waals surface area contributed by atoms with Crippen molar-refractivity contribution in [3.05, 3.63) is 42.2 Å². The molecule has 20 heavy (non-hydrogen) atoms. The third kappa shape index (κ3) is 3.03. The first-order valence-electron chi connectivity index (χ1n) is 6.93. The molecule has 2 aromatic heterocycles. The zero-order chi connectivity index (χ0) is 14.4. The number of imidazole rings is 1. The zero-order valence-electron chi connectivity index (χ0n) is 11.9. The van der Waals surface area contributed by atoms with Gasteiger partial charge in [0.2, 0.25) is 5.82 Å². The van der Waals surface area contributed by atoms with Crippen LogP contribution in [0.25, 0.3) is 5.69 Å². The van der Waals surface area contributed by atoms with Crippen LogP contribution in [0.4, 0.5) is 0 Å². The standard InChI is InChI=1S/C15H19N5/c1-3-7-17-13(4-2)14-6-5-12(11-19-14)20-9-8-18-15(20)10-16/h5-6,8-9,11,13,17H,3-4,7H2,1-2H3. The lowest BCUT2D eigenvalue weighted by Crippen LogP contribution is -2.22. The number of aromatic nitrogens is 3. The van der Waals surface area contributed by atoms with Crippen LogP contribution in [0.15, 0.2) is 30.7 Å². The second kappa shape index (κ2) is 6.83. The van der Waals surface area contributed by atoms with Crippen LogP contribution in [0.3, 0.4) is 0 Å². The summed E-state index contributed by atoms with van der Waals surface area (Å²) in [5, 5.41) is 12.5. The van der Waals surface area contributed by atoms with Crippen molar-refractivity contribution in [1.82, 2.24) is 19.9 Å². The molecule has 0 saturated heterocycles. The highest BCUT2D eigenvalue weighted by atomic mass is 15.1. The lowest BCUT2D eigenvalue weighted by molar-refractivity contribution is 0.507. The van der Waals surface area contributed by atoms with E-state index in [9.17, 15) is 0 Å². The normalized spacial score (nSPS) is 12.1. The van der Waals surface area contributed by atoms with Crippen LogP contribution in [0.1, 0.15) is 44.2 Å². The van der Waals surface area contributed by atoms with Crippen LogP contribution in [-0.4, -0.2) is 21.1 Å². The van der Waals surface area contributed by atoms with Gasteiger partial charge in [0.25, 0.3) is 0 Å². The Balaban J connectivity index is 2.19. The minimum absolute atomic E-state index is 0.280. The Morgan fingerprint density at radius 1 is 1.35 bits per heavy atom. The predicted octanol–water partition coefficient (Wildman–Crippen LogP) is 2.59. The number of nitrogens with zero attached hydrogens (tertiary/aromatic N) is 4. The fourth-order valence-corrected chi connectivity index (χ4v) is 2.12. The number of pyridine rings is 1. The molecule has 2 aromatic rings. The van der Waals surface area contributed by atoms with Gasteiger partial charge in [-0.05, 0) is 31.5 Å². The van der Waals surface area contributed by atoms with Crippen molar-refractivity contribution in [3.8, 4) is 11.8 Å². The van der Waals surface area contributed by atoms with Gasteiger partial charge in [0, 0.05) is 18.4 Å². The zero-order valence-corrected chi connectivity index (χ0v) is 11.9. The SMILES string of the molecule is CCCNC(CC)c1ccc(-n2ccnc2C#N)cn1. The molecule has 104 valence electrons. The first-order chi connectivity index (χ1) is 9.80. The number of hydrogen-bond donors (Lipinski definition) is 1. The molecule has 2 rings (SSSR count). The van der Waals surface area contributed by atoms with Crippen molar-refractivity contribution in [2.24, 2.45) is 0 Å². The molecule has 0 radical (unpaired) electrons. The van der Waals surface area contributed by atoms with Gasteiger partial charge in [0.05, 0.1) is 17.6 Å². The van der Waals surface area contributed by atoms with Crippen LogP contribution in [0.2, 0.25) is 0 Å². The van der Waals surface area contributed by atoms with Crippen molar-refractivity contribution in [3.63, 3.8) is 0 Å². The summed E-state index contributed by atoms with van der Waals surface area (Å²) in [6, 6.07) is 6.32. The summed E-state index contributed by atoms with van der Waals surface area (Å²) < 4.78 is 1.73. The van der Waals surface area contributed by atoms with Crippen molar-refractivity contribution in [2.75, 3.05) is 6.54 Å². The molecule has 0 aliphatic heterocycles. The van der Waals surface area contributed by atoms with Crippen LogP contribution in [0.5, 0.6) is 0 Å². The summed E-state index contributed by atoms with van der Waals surface area (Å²) in [7, 11) is 0. The molecule has 2 heterocycles. The van der Waals surface area contributed by atoms with E-state index in [0.717, 1.165) is 30.8 Å². The van der Waals surface area contributed by atoms with Gasteiger partial charge in [-0.2, -0.15) is 5.26 Å². The van der Waals surface area contributed by atoms with Crippen molar-refractivity contribution < 1.29 is 0 Å². The van der Waals surface area contributed by atoms with Gasteiger partial charge in [-0.25, -0.2) is 4.98 Å². The summed E-state index contributed by atoms with van der Waals surface area (Å²) in [6.45, 7) is 5.29. The molecule has 0 spiro atoms.